The summed E-state index contributed by atoms with van der Waals surface area (Å²) in [5.41, 5.74) is 0. The number of nitrogens with one attached hydrogen (secondary N) is 1. The number of oxazole rings is 1. The monoisotopic (exact) mass is 267 g/mol. The highest BCUT2D eigenvalue weighted by molar-refractivity contribution is 5.80. The highest BCUT2D eigenvalue weighted by Crippen LogP contribution is 2.26. The zero-order valence-corrected chi connectivity index (χ0v) is 10.8. The number of carboxylic acid groups (broad SMARTS) is 1. The highest BCUT2D eigenvalue weighted by atomic mass is 16.4. The largest absolute Gasteiger partial charge is 0.480 e. The summed E-state index contributed by atoms with van der Waals surface area (Å²) in [6.45, 7) is 1.84. The summed E-state index contributed by atoms with van der Waals surface area (Å²) in [6.07, 6.45) is 4.09. The molecule has 0 aliphatic heterocycles. The van der Waals surface area contributed by atoms with Crippen LogP contribution < -0.4 is 5.32 Å². The summed E-state index contributed by atoms with van der Waals surface area (Å²) >= 11 is 0. The third-order valence-electron chi connectivity index (χ3n) is 2.89. The van der Waals surface area contributed by atoms with E-state index in [9.17, 15) is 9.59 Å². The van der Waals surface area contributed by atoms with Crippen molar-refractivity contribution in [1.29, 1.82) is 0 Å². The second kappa shape index (κ2) is 5.73. The number of aryl methyl sites for hydroxylation is 1. The average Bonchev–Trinajstić information content (AvgIpc) is 3.11. The van der Waals surface area contributed by atoms with E-state index >= 15 is 0 Å². The van der Waals surface area contributed by atoms with Crippen LogP contribution in [0.25, 0.3) is 0 Å². The molecule has 1 aromatic heterocycles. The van der Waals surface area contributed by atoms with Crippen LogP contribution in [-0.2, 0) is 17.8 Å². The molecule has 0 radical (unpaired) electrons. The number of carbonyl (C=O) groups excluding carboxylic acids is 1. The third kappa shape index (κ3) is 3.70. The molecule has 0 spiro atoms. The predicted octanol–water partition coefficient (Wildman–Crippen LogP) is 0.996. The van der Waals surface area contributed by atoms with Gasteiger partial charge in [0.1, 0.15) is 12.3 Å². The van der Waals surface area contributed by atoms with Gasteiger partial charge in [-0.2, -0.15) is 0 Å². The number of urea groups is 1. The maximum atomic E-state index is 11.9. The van der Waals surface area contributed by atoms with Crippen LogP contribution in [0.4, 0.5) is 4.79 Å². The first kappa shape index (κ1) is 13.4. The quantitative estimate of drug-likeness (QED) is 0.801. The summed E-state index contributed by atoms with van der Waals surface area (Å²) in [5.74, 6) is 0.177. The minimum absolute atomic E-state index is 0.0480. The lowest BCUT2D eigenvalue weighted by Crippen LogP contribution is -2.43. The number of amides is 2. The van der Waals surface area contributed by atoms with Crippen LogP contribution in [0.2, 0.25) is 0 Å². The Labute approximate surface area is 110 Å². The van der Waals surface area contributed by atoms with Gasteiger partial charge in [0, 0.05) is 12.5 Å². The number of aromatic nitrogens is 1. The number of carboxylic acids is 1. The Balaban J connectivity index is 1.86. The van der Waals surface area contributed by atoms with E-state index in [1.54, 1.807) is 6.20 Å². The van der Waals surface area contributed by atoms with Crippen LogP contribution in [0.3, 0.4) is 0 Å². The lowest BCUT2D eigenvalue weighted by atomic mass is 10.4. The van der Waals surface area contributed by atoms with Crippen molar-refractivity contribution in [3.05, 3.63) is 17.8 Å². The van der Waals surface area contributed by atoms with Gasteiger partial charge in [-0.25, -0.2) is 9.78 Å². The second-order valence-electron chi connectivity index (χ2n) is 4.49. The number of hydrogen-bond donors (Lipinski definition) is 2. The SMILES string of the molecule is CCc1cnc(CNC(=O)N(CC(=O)O)C2CC2)o1. The smallest absolute Gasteiger partial charge is 0.323 e. The molecule has 104 valence electrons. The van der Waals surface area contributed by atoms with E-state index in [2.05, 4.69) is 10.3 Å². The first-order valence-corrected chi connectivity index (χ1v) is 6.30. The van der Waals surface area contributed by atoms with Gasteiger partial charge in [0.15, 0.2) is 0 Å². The lowest BCUT2D eigenvalue weighted by molar-refractivity contribution is -0.137. The Hall–Kier alpha value is -2.05. The zero-order valence-electron chi connectivity index (χ0n) is 10.8. The Morgan fingerprint density at radius 1 is 1.58 bits per heavy atom. The molecule has 19 heavy (non-hydrogen) atoms. The van der Waals surface area contributed by atoms with Crippen LogP contribution >= 0.6 is 0 Å². The van der Waals surface area contributed by atoms with Crippen molar-refractivity contribution in [2.24, 2.45) is 0 Å². The van der Waals surface area contributed by atoms with Crippen LogP contribution in [0.1, 0.15) is 31.4 Å². The molecule has 7 heteroatoms. The molecule has 1 fully saturated rings. The maximum Gasteiger partial charge on any atom is 0.323 e. The second-order valence-corrected chi connectivity index (χ2v) is 4.49. The fourth-order valence-electron chi connectivity index (χ4n) is 1.74. The molecular formula is C12H17N3O4. The summed E-state index contributed by atoms with van der Waals surface area (Å²) in [5, 5.41) is 11.4. The summed E-state index contributed by atoms with van der Waals surface area (Å²) in [4.78, 5) is 28.0. The van der Waals surface area contributed by atoms with E-state index in [1.165, 1.54) is 4.90 Å². The number of carbonyl (C=O) groups is 2. The normalized spacial score (nSPS) is 14.2. The van der Waals surface area contributed by atoms with Crippen molar-refractivity contribution < 1.29 is 19.1 Å². The van der Waals surface area contributed by atoms with Crippen molar-refractivity contribution in [3.8, 4) is 0 Å². The molecule has 0 saturated heterocycles. The van der Waals surface area contributed by atoms with Crippen LogP contribution in [0.5, 0.6) is 0 Å². The summed E-state index contributed by atoms with van der Waals surface area (Å²) in [7, 11) is 0. The third-order valence-corrected chi connectivity index (χ3v) is 2.89. The number of rotatable bonds is 6. The van der Waals surface area contributed by atoms with Gasteiger partial charge < -0.3 is 19.7 Å². The molecule has 0 unspecified atom stereocenters. The molecule has 2 N–H and O–H groups in total. The summed E-state index contributed by atoms with van der Waals surface area (Å²) in [6, 6.07) is -0.340. The van der Waals surface area contributed by atoms with Gasteiger partial charge in [0.05, 0.1) is 12.7 Å². The fourth-order valence-corrected chi connectivity index (χ4v) is 1.74. The maximum absolute atomic E-state index is 11.9. The van der Waals surface area contributed by atoms with E-state index in [1.807, 2.05) is 6.92 Å². The van der Waals surface area contributed by atoms with Gasteiger partial charge in [-0.05, 0) is 12.8 Å². The molecule has 2 rings (SSSR count). The molecular weight excluding hydrogens is 250 g/mol. The lowest BCUT2D eigenvalue weighted by Gasteiger charge is -2.20. The van der Waals surface area contributed by atoms with Gasteiger partial charge in [-0.3, -0.25) is 4.79 Å². The molecule has 1 saturated carbocycles. The minimum Gasteiger partial charge on any atom is -0.480 e. The molecule has 0 aromatic carbocycles. The zero-order chi connectivity index (χ0) is 13.8. The average molecular weight is 267 g/mol. The van der Waals surface area contributed by atoms with Crippen molar-refractivity contribution >= 4 is 12.0 Å². The Bertz CT molecular complexity index is 467. The fraction of sp³-hybridized carbons (Fsp3) is 0.583. The predicted molar refractivity (Wildman–Crippen MR) is 65.5 cm³/mol. The Kier molecular flexibility index (Phi) is 4.03. The van der Waals surface area contributed by atoms with E-state index in [4.69, 9.17) is 9.52 Å². The summed E-state index contributed by atoms with van der Waals surface area (Å²) < 4.78 is 5.36. The molecule has 1 heterocycles. The van der Waals surface area contributed by atoms with E-state index in [0.717, 1.165) is 25.0 Å². The van der Waals surface area contributed by atoms with Crippen molar-refractivity contribution in [2.45, 2.75) is 38.8 Å². The van der Waals surface area contributed by atoms with Gasteiger partial charge in [-0.15, -0.1) is 0 Å². The Morgan fingerprint density at radius 3 is 2.84 bits per heavy atom. The van der Waals surface area contributed by atoms with Crippen LogP contribution in [0, 0.1) is 0 Å². The van der Waals surface area contributed by atoms with Crippen molar-refractivity contribution in [1.82, 2.24) is 15.2 Å². The number of nitrogens with zero attached hydrogens (tertiary/aromatic N) is 2. The van der Waals surface area contributed by atoms with Gasteiger partial charge in [0.2, 0.25) is 5.89 Å². The van der Waals surface area contributed by atoms with Gasteiger partial charge >= 0.3 is 12.0 Å². The van der Waals surface area contributed by atoms with Crippen molar-refractivity contribution in [3.63, 3.8) is 0 Å². The Morgan fingerprint density at radius 2 is 2.32 bits per heavy atom. The molecule has 1 aromatic rings. The molecule has 1 aliphatic carbocycles. The molecule has 7 nitrogen and oxygen atoms in total. The highest BCUT2D eigenvalue weighted by Gasteiger charge is 2.33. The molecule has 2 amide bonds. The topological polar surface area (TPSA) is 95.7 Å². The minimum atomic E-state index is -1.01. The first-order valence-electron chi connectivity index (χ1n) is 6.30. The standard InChI is InChI=1S/C12H17N3O4/c1-2-9-5-13-10(19-9)6-14-12(18)15(7-11(16)17)8-3-4-8/h5,8H,2-4,6-7H2,1H3,(H,14,18)(H,16,17). The van der Waals surface area contributed by atoms with Crippen molar-refractivity contribution in [2.75, 3.05) is 6.54 Å². The molecule has 1 aliphatic rings. The molecule has 0 bridgehead atoms. The van der Waals surface area contributed by atoms with Gasteiger partial charge in [-0.1, -0.05) is 6.92 Å². The van der Waals surface area contributed by atoms with Crippen LogP contribution in [-0.4, -0.2) is 39.6 Å². The van der Waals surface area contributed by atoms with E-state index < -0.39 is 5.97 Å². The number of hydrogen-bond acceptors (Lipinski definition) is 4. The first-order chi connectivity index (χ1) is 9.10. The van der Waals surface area contributed by atoms with Crippen LogP contribution in [0.15, 0.2) is 10.6 Å². The van der Waals surface area contributed by atoms with Gasteiger partial charge in [0.25, 0.3) is 0 Å². The molecule has 0 atom stereocenters. The van der Waals surface area contributed by atoms with E-state index in [-0.39, 0.29) is 25.2 Å². The number of aliphatic carboxylic acids is 1. The van der Waals surface area contributed by atoms with E-state index in [0.29, 0.717) is 5.89 Å².